The molecule has 0 aliphatic heterocycles. The fourth-order valence-electron chi connectivity index (χ4n) is 1.65. The zero-order valence-corrected chi connectivity index (χ0v) is 9.54. The van der Waals surface area contributed by atoms with Gasteiger partial charge in [-0.1, -0.05) is 13.3 Å². The van der Waals surface area contributed by atoms with Gasteiger partial charge < -0.3 is 10.4 Å². The van der Waals surface area contributed by atoms with Crippen LogP contribution in [0.25, 0.3) is 0 Å². The van der Waals surface area contributed by atoms with Gasteiger partial charge in [0.05, 0.1) is 5.92 Å². The highest BCUT2D eigenvalue weighted by Gasteiger charge is 2.40. The fraction of sp³-hybridized carbons (Fsp3) is 0.818. The summed E-state index contributed by atoms with van der Waals surface area (Å²) >= 11 is 0. The molecule has 1 saturated carbocycles. The second kappa shape index (κ2) is 4.21. The molecule has 4 nitrogen and oxygen atoms in total. The number of carboxylic acids is 1. The SMILES string of the molecule is CC(NC(=O)C1(C)CCC1)C(C)C(=O)O. The minimum Gasteiger partial charge on any atom is -0.481 e. The summed E-state index contributed by atoms with van der Waals surface area (Å²) < 4.78 is 0. The molecule has 1 fully saturated rings. The molecule has 0 heterocycles. The van der Waals surface area contributed by atoms with Crippen molar-refractivity contribution in [1.82, 2.24) is 5.32 Å². The Morgan fingerprint density at radius 2 is 1.87 bits per heavy atom. The number of carbonyl (C=O) groups is 2. The Balaban J connectivity index is 2.47. The van der Waals surface area contributed by atoms with Crippen LogP contribution in [-0.2, 0) is 9.59 Å². The zero-order chi connectivity index (χ0) is 11.6. The number of aliphatic carboxylic acids is 1. The first kappa shape index (κ1) is 12.0. The quantitative estimate of drug-likeness (QED) is 0.741. The lowest BCUT2D eigenvalue weighted by Gasteiger charge is -2.37. The Kier molecular flexibility index (Phi) is 3.37. The van der Waals surface area contributed by atoms with Crippen LogP contribution in [-0.4, -0.2) is 23.0 Å². The molecule has 0 aromatic heterocycles. The number of amides is 1. The van der Waals surface area contributed by atoms with E-state index in [1.165, 1.54) is 0 Å². The molecule has 1 aliphatic carbocycles. The van der Waals surface area contributed by atoms with E-state index in [-0.39, 0.29) is 17.4 Å². The monoisotopic (exact) mass is 213 g/mol. The van der Waals surface area contributed by atoms with E-state index < -0.39 is 11.9 Å². The predicted molar refractivity (Wildman–Crippen MR) is 56.4 cm³/mol. The first-order chi connectivity index (χ1) is 6.87. The molecule has 2 atom stereocenters. The Bertz CT molecular complexity index is 271. The van der Waals surface area contributed by atoms with Gasteiger partial charge in [-0.15, -0.1) is 0 Å². The predicted octanol–water partition coefficient (Wildman–Crippen LogP) is 1.40. The summed E-state index contributed by atoms with van der Waals surface area (Å²) in [4.78, 5) is 22.5. The van der Waals surface area contributed by atoms with E-state index in [2.05, 4.69) is 5.32 Å². The number of carbonyl (C=O) groups excluding carboxylic acids is 1. The van der Waals surface area contributed by atoms with Crippen LogP contribution < -0.4 is 5.32 Å². The van der Waals surface area contributed by atoms with Crippen molar-refractivity contribution in [3.63, 3.8) is 0 Å². The summed E-state index contributed by atoms with van der Waals surface area (Å²) in [6, 6.07) is -0.313. The van der Waals surface area contributed by atoms with E-state index in [0.717, 1.165) is 19.3 Å². The molecule has 0 saturated heterocycles. The van der Waals surface area contributed by atoms with Gasteiger partial charge in [-0.2, -0.15) is 0 Å². The maximum atomic E-state index is 11.8. The molecule has 2 N–H and O–H groups in total. The van der Waals surface area contributed by atoms with Crippen LogP contribution in [0, 0.1) is 11.3 Å². The fourth-order valence-corrected chi connectivity index (χ4v) is 1.65. The van der Waals surface area contributed by atoms with Crippen molar-refractivity contribution in [3.8, 4) is 0 Å². The molecule has 0 bridgehead atoms. The minimum absolute atomic E-state index is 0.00523. The first-order valence-corrected chi connectivity index (χ1v) is 5.40. The molecule has 0 aromatic carbocycles. The van der Waals surface area contributed by atoms with Crippen LogP contribution in [0.3, 0.4) is 0 Å². The van der Waals surface area contributed by atoms with E-state index in [1.54, 1.807) is 13.8 Å². The first-order valence-electron chi connectivity index (χ1n) is 5.40. The standard InChI is InChI=1S/C11H19NO3/c1-7(9(13)14)8(2)12-10(15)11(3)5-4-6-11/h7-8H,4-6H2,1-3H3,(H,12,15)(H,13,14). The number of hydrogen-bond donors (Lipinski definition) is 2. The molecule has 1 aliphatic rings. The van der Waals surface area contributed by atoms with Crippen molar-refractivity contribution < 1.29 is 14.7 Å². The molecule has 15 heavy (non-hydrogen) atoms. The average Bonchev–Trinajstić information content (AvgIpc) is 2.12. The van der Waals surface area contributed by atoms with Gasteiger partial charge in [-0.05, 0) is 26.7 Å². The van der Waals surface area contributed by atoms with Crippen LogP contribution in [0.1, 0.15) is 40.0 Å². The number of rotatable bonds is 4. The van der Waals surface area contributed by atoms with E-state index in [0.29, 0.717) is 0 Å². The van der Waals surface area contributed by atoms with Crippen molar-refractivity contribution in [1.29, 1.82) is 0 Å². The molecule has 1 rings (SSSR count). The van der Waals surface area contributed by atoms with Crippen LogP contribution in [0.5, 0.6) is 0 Å². The maximum Gasteiger partial charge on any atom is 0.308 e. The summed E-state index contributed by atoms with van der Waals surface area (Å²) in [6.07, 6.45) is 2.91. The molecular weight excluding hydrogens is 194 g/mol. The molecule has 1 amide bonds. The Morgan fingerprint density at radius 3 is 2.20 bits per heavy atom. The topological polar surface area (TPSA) is 66.4 Å². The average molecular weight is 213 g/mol. The molecule has 86 valence electrons. The molecule has 0 radical (unpaired) electrons. The third kappa shape index (κ3) is 2.49. The lowest BCUT2D eigenvalue weighted by atomic mass is 9.69. The van der Waals surface area contributed by atoms with E-state index in [1.807, 2.05) is 6.92 Å². The largest absolute Gasteiger partial charge is 0.481 e. The van der Waals surface area contributed by atoms with Gasteiger partial charge in [-0.25, -0.2) is 0 Å². The highest BCUT2D eigenvalue weighted by Crippen LogP contribution is 2.40. The Morgan fingerprint density at radius 1 is 1.33 bits per heavy atom. The minimum atomic E-state index is -0.874. The van der Waals surface area contributed by atoms with Crippen molar-refractivity contribution >= 4 is 11.9 Å². The normalized spacial score (nSPS) is 22.3. The number of nitrogens with one attached hydrogen (secondary N) is 1. The van der Waals surface area contributed by atoms with Crippen molar-refractivity contribution in [2.75, 3.05) is 0 Å². The second-order valence-electron chi connectivity index (χ2n) is 4.80. The second-order valence-corrected chi connectivity index (χ2v) is 4.80. The summed E-state index contributed by atoms with van der Waals surface area (Å²) in [5.74, 6) is -1.42. The van der Waals surface area contributed by atoms with Gasteiger partial charge in [0.15, 0.2) is 0 Å². The molecule has 0 aromatic rings. The molecule has 2 unspecified atom stereocenters. The van der Waals surface area contributed by atoms with Gasteiger partial charge in [0.25, 0.3) is 0 Å². The number of hydrogen-bond acceptors (Lipinski definition) is 2. The summed E-state index contributed by atoms with van der Waals surface area (Å²) in [5, 5.41) is 11.6. The summed E-state index contributed by atoms with van der Waals surface area (Å²) in [5.41, 5.74) is -0.257. The van der Waals surface area contributed by atoms with Crippen molar-refractivity contribution in [2.45, 2.75) is 46.1 Å². The highest BCUT2D eigenvalue weighted by atomic mass is 16.4. The molecule has 4 heteroatoms. The third-order valence-corrected chi connectivity index (χ3v) is 3.50. The van der Waals surface area contributed by atoms with Crippen LogP contribution >= 0.6 is 0 Å². The molecule has 0 spiro atoms. The lowest BCUT2D eigenvalue weighted by Crippen LogP contribution is -2.49. The van der Waals surface area contributed by atoms with Crippen LogP contribution in [0.15, 0.2) is 0 Å². The zero-order valence-electron chi connectivity index (χ0n) is 9.54. The van der Waals surface area contributed by atoms with E-state index in [9.17, 15) is 9.59 Å². The Labute approximate surface area is 90.0 Å². The van der Waals surface area contributed by atoms with Gasteiger partial charge in [0.2, 0.25) is 5.91 Å². The summed E-state index contributed by atoms with van der Waals surface area (Å²) in [7, 11) is 0. The smallest absolute Gasteiger partial charge is 0.308 e. The lowest BCUT2D eigenvalue weighted by molar-refractivity contribution is -0.143. The van der Waals surface area contributed by atoms with Gasteiger partial charge in [0.1, 0.15) is 0 Å². The highest BCUT2D eigenvalue weighted by molar-refractivity contribution is 5.84. The van der Waals surface area contributed by atoms with Gasteiger partial charge in [-0.3, -0.25) is 9.59 Å². The Hall–Kier alpha value is -1.06. The van der Waals surface area contributed by atoms with Gasteiger partial charge in [0, 0.05) is 11.5 Å². The molecular formula is C11H19NO3. The van der Waals surface area contributed by atoms with Crippen molar-refractivity contribution in [3.05, 3.63) is 0 Å². The van der Waals surface area contributed by atoms with E-state index >= 15 is 0 Å². The van der Waals surface area contributed by atoms with Crippen molar-refractivity contribution in [2.24, 2.45) is 11.3 Å². The summed E-state index contributed by atoms with van der Waals surface area (Å²) in [6.45, 7) is 5.28. The number of carboxylic acid groups (broad SMARTS) is 1. The van der Waals surface area contributed by atoms with Crippen LogP contribution in [0.2, 0.25) is 0 Å². The maximum absolute atomic E-state index is 11.8. The van der Waals surface area contributed by atoms with Gasteiger partial charge >= 0.3 is 5.97 Å². The van der Waals surface area contributed by atoms with E-state index in [4.69, 9.17) is 5.11 Å². The van der Waals surface area contributed by atoms with Crippen LogP contribution in [0.4, 0.5) is 0 Å². The third-order valence-electron chi connectivity index (χ3n) is 3.50.